The van der Waals surface area contributed by atoms with Crippen molar-refractivity contribution in [3.05, 3.63) is 72.6 Å². The topological polar surface area (TPSA) is 81.9 Å². The van der Waals surface area contributed by atoms with Gasteiger partial charge in [0.2, 0.25) is 0 Å². The maximum Gasteiger partial charge on any atom is 0.265 e. The molecule has 30 heavy (non-hydrogen) atoms. The molecule has 4 aromatic rings. The molecule has 2 heterocycles. The minimum Gasteiger partial charge on any atom is -0.497 e. The summed E-state index contributed by atoms with van der Waals surface area (Å²) < 4.78 is 40.7. The molecule has 0 atom stereocenters. The molecule has 0 amide bonds. The molecule has 0 bridgehead atoms. The van der Waals surface area contributed by atoms with Gasteiger partial charge in [-0.2, -0.15) is 0 Å². The van der Waals surface area contributed by atoms with Crippen molar-refractivity contribution in [3.8, 4) is 22.8 Å². The molecule has 0 saturated carbocycles. The lowest BCUT2D eigenvalue weighted by Gasteiger charge is -2.13. The third-order valence-corrected chi connectivity index (χ3v) is 6.17. The van der Waals surface area contributed by atoms with E-state index in [4.69, 9.17) is 9.47 Å². The van der Waals surface area contributed by atoms with Crippen molar-refractivity contribution in [2.24, 2.45) is 0 Å². The van der Waals surface area contributed by atoms with Crippen LogP contribution in [0.3, 0.4) is 0 Å². The number of nitrogens with one attached hydrogen (secondary N) is 1. The summed E-state index contributed by atoms with van der Waals surface area (Å²) in [5, 5.41) is 0. The molecule has 0 aliphatic heterocycles. The zero-order valence-electron chi connectivity index (χ0n) is 16.8. The Labute approximate surface area is 175 Å². The van der Waals surface area contributed by atoms with Gasteiger partial charge in [-0.15, -0.1) is 0 Å². The molecule has 4 rings (SSSR count). The van der Waals surface area contributed by atoms with Crippen molar-refractivity contribution in [2.45, 2.75) is 11.8 Å². The lowest BCUT2D eigenvalue weighted by Crippen LogP contribution is -2.14. The molecule has 1 N–H and O–H groups in total. The van der Waals surface area contributed by atoms with Crippen LogP contribution < -0.4 is 14.2 Å². The average molecular weight is 423 g/mol. The summed E-state index contributed by atoms with van der Waals surface area (Å²) in [6.07, 6.45) is 3.89. The number of fused-ring (bicyclic) bond motifs is 1. The summed E-state index contributed by atoms with van der Waals surface area (Å²) in [5.41, 5.74) is 4.11. The highest BCUT2D eigenvalue weighted by molar-refractivity contribution is 7.92. The van der Waals surface area contributed by atoms with Crippen LogP contribution in [0.2, 0.25) is 0 Å². The molecule has 0 aliphatic rings. The quantitative estimate of drug-likeness (QED) is 0.504. The van der Waals surface area contributed by atoms with Crippen LogP contribution in [0.25, 0.3) is 16.9 Å². The number of hydrogen-bond acceptors (Lipinski definition) is 5. The number of sulfonamides is 1. The number of hydrogen-bond donors (Lipinski definition) is 1. The number of aromatic nitrogens is 2. The second-order valence-corrected chi connectivity index (χ2v) is 8.40. The van der Waals surface area contributed by atoms with Crippen molar-refractivity contribution in [2.75, 3.05) is 18.9 Å². The molecule has 0 fully saturated rings. The van der Waals surface area contributed by atoms with Gasteiger partial charge in [0.05, 0.1) is 19.9 Å². The van der Waals surface area contributed by atoms with E-state index in [1.807, 2.05) is 48.0 Å². The highest BCUT2D eigenvalue weighted by Gasteiger charge is 2.21. The number of benzene rings is 2. The zero-order chi connectivity index (χ0) is 21.3. The van der Waals surface area contributed by atoms with Gasteiger partial charge in [0.1, 0.15) is 22.0 Å². The van der Waals surface area contributed by atoms with E-state index < -0.39 is 10.0 Å². The molecule has 0 spiro atoms. The molecule has 2 aromatic carbocycles. The predicted octanol–water partition coefficient (Wildman–Crippen LogP) is 4.13. The number of nitrogens with zero attached hydrogens (tertiary/aromatic N) is 2. The number of rotatable bonds is 6. The monoisotopic (exact) mass is 423 g/mol. The molecule has 0 unspecified atom stereocenters. The first kappa shape index (κ1) is 19.8. The van der Waals surface area contributed by atoms with Gasteiger partial charge in [-0.3, -0.25) is 4.72 Å². The van der Waals surface area contributed by atoms with Crippen LogP contribution in [0, 0.1) is 6.92 Å². The molecule has 7 nitrogen and oxygen atoms in total. The first-order valence-corrected chi connectivity index (χ1v) is 10.7. The van der Waals surface area contributed by atoms with Gasteiger partial charge < -0.3 is 13.9 Å². The van der Waals surface area contributed by atoms with Gasteiger partial charge in [-0.25, -0.2) is 13.4 Å². The van der Waals surface area contributed by atoms with Crippen LogP contribution in [-0.4, -0.2) is 32.0 Å². The molecule has 154 valence electrons. The lowest BCUT2D eigenvalue weighted by molar-refractivity contribution is 0.392. The zero-order valence-corrected chi connectivity index (χ0v) is 17.6. The maximum atomic E-state index is 12.9. The average Bonchev–Trinajstić information content (AvgIpc) is 3.19. The number of aryl methyl sites for hydroxylation is 1. The van der Waals surface area contributed by atoms with Gasteiger partial charge >= 0.3 is 0 Å². The largest absolute Gasteiger partial charge is 0.497 e. The van der Waals surface area contributed by atoms with E-state index in [0.717, 1.165) is 22.5 Å². The number of methoxy groups -OCH3 is 2. The number of anilines is 1. The van der Waals surface area contributed by atoms with Crippen molar-refractivity contribution in [1.82, 2.24) is 9.38 Å². The van der Waals surface area contributed by atoms with Gasteiger partial charge in [-0.05, 0) is 42.8 Å². The van der Waals surface area contributed by atoms with E-state index >= 15 is 0 Å². The highest BCUT2D eigenvalue weighted by atomic mass is 32.2. The standard InChI is InChI=1S/C22H21N3O4S/c1-15-5-4-12-25-14-19(23-22(15)25)16-6-8-17(9-7-16)24-30(26,27)21-13-18(28-2)10-11-20(21)29-3/h4-14,24H,1-3H3. The Morgan fingerprint density at radius 1 is 1.00 bits per heavy atom. The Morgan fingerprint density at radius 3 is 2.43 bits per heavy atom. The number of imidazole rings is 1. The lowest BCUT2D eigenvalue weighted by atomic mass is 10.1. The number of ether oxygens (including phenoxy) is 2. The molecule has 8 heteroatoms. The molecule has 0 radical (unpaired) electrons. The predicted molar refractivity (Wildman–Crippen MR) is 116 cm³/mol. The van der Waals surface area contributed by atoms with Crippen LogP contribution in [0.4, 0.5) is 5.69 Å². The van der Waals surface area contributed by atoms with E-state index in [0.29, 0.717) is 11.4 Å². The maximum absolute atomic E-state index is 12.9. The van der Waals surface area contributed by atoms with E-state index in [-0.39, 0.29) is 10.6 Å². The summed E-state index contributed by atoms with van der Waals surface area (Å²) in [4.78, 5) is 4.67. The van der Waals surface area contributed by atoms with Gasteiger partial charge in [0.25, 0.3) is 10.0 Å². The Kier molecular flexibility index (Phi) is 5.09. The summed E-state index contributed by atoms with van der Waals surface area (Å²) in [6.45, 7) is 2.01. The second kappa shape index (κ2) is 7.72. The fraction of sp³-hybridized carbons (Fsp3) is 0.136. The van der Waals surface area contributed by atoms with Crippen molar-refractivity contribution >= 4 is 21.4 Å². The molecule has 2 aromatic heterocycles. The summed E-state index contributed by atoms with van der Waals surface area (Å²) in [7, 11) is -0.967. The van der Waals surface area contributed by atoms with E-state index in [1.54, 1.807) is 24.3 Å². The van der Waals surface area contributed by atoms with Crippen LogP contribution in [0.5, 0.6) is 11.5 Å². The second-order valence-electron chi connectivity index (χ2n) is 6.75. The summed E-state index contributed by atoms with van der Waals surface area (Å²) >= 11 is 0. The Bertz CT molecular complexity index is 1310. The van der Waals surface area contributed by atoms with Gasteiger partial charge in [0, 0.05) is 29.7 Å². The molecule has 0 saturated heterocycles. The third kappa shape index (κ3) is 3.69. The Morgan fingerprint density at radius 2 is 1.77 bits per heavy atom. The fourth-order valence-electron chi connectivity index (χ4n) is 3.21. The Hall–Kier alpha value is -3.52. The highest BCUT2D eigenvalue weighted by Crippen LogP contribution is 2.30. The first-order chi connectivity index (χ1) is 14.4. The van der Waals surface area contributed by atoms with Crippen LogP contribution in [-0.2, 0) is 10.0 Å². The first-order valence-electron chi connectivity index (χ1n) is 9.21. The van der Waals surface area contributed by atoms with Gasteiger partial charge in [-0.1, -0.05) is 18.2 Å². The summed E-state index contributed by atoms with van der Waals surface area (Å²) in [5.74, 6) is 0.661. The normalized spacial score (nSPS) is 11.4. The minimum atomic E-state index is -3.87. The van der Waals surface area contributed by atoms with E-state index in [9.17, 15) is 8.42 Å². The molecular weight excluding hydrogens is 402 g/mol. The van der Waals surface area contributed by atoms with Gasteiger partial charge in [0.15, 0.2) is 0 Å². The van der Waals surface area contributed by atoms with E-state index in [2.05, 4.69) is 9.71 Å². The summed E-state index contributed by atoms with van der Waals surface area (Å²) in [6, 6.07) is 15.7. The minimum absolute atomic E-state index is 0.00394. The number of pyridine rings is 1. The molecule has 0 aliphatic carbocycles. The fourth-order valence-corrected chi connectivity index (χ4v) is 4.45. The van der Waals surface area contributed by atoms with Crippen LogP contribution in [0.15, 0.2) is 71.9 Å². The third-order valence-electron chi connectivity index (χ3n) is 4.77. The van der Waals surface area contributed by atoms with Crippen molar-refractivity contribution < 1.29 is 17.9 Å². The Balaban J connectivity index is 1.62. The smallest absolute Gasteiger partial charge is 0.265 e. The van der Waals surface area contributed by atoms with Crippen molar-refractivity contribution in [3.63, 3.8) is 0 Å². The van der Waals surface area contributed by atoms with E-state index in [1.165, 1.54) is 20.3 Å². The van der Waals surface area contributed by atoms with Crippen molar-refractivity contribution in [1.29, 1.82) is 0 Å². The van der Waals surface area contributed by atoms with Crippen LogP contribution >= 0.6 is 0 Å². The SMILES string of the molecule is COc1ccc(OC)c(S(=O)(=O)Nc2ccc(-c3cn4cccc(C)c4n3)cc2)c1. The van der Waals surface area contributed by atoms with Crippen LogP contribution in [0.1, 0.15) is 5.56 Å². The molecular formula is C22H21N3O4S.